The standard InChI is InChI=1S/C18H12F3N3O2/c19-18(20,21)14-3-1-2-13(10-14)16-5-4-15(26-16)11-23-24-17(25)12-6-8-22-9-7-12/h1-11H,(H,24,25). The van der Waals surface area contributed by atoms with Gasteiger partial charge in [0.1, 0.15) is 11.5 Å². The van der Waals surface area contributed by atoms with Gasteiger partial charge >= 0.3 is 6.18 Å². The van der Waals surface area contributed by atoms with Crippen LogP contribution in [-0.4, -0.2) is 17.1 Å². The quantitative estimate of drug-likeness (QED) is 0.563. The zero-order chi connectivity index (χ0) is 18.6. The average Bonchev–Trinajstić information content (AvgIpc) is 3.11. The summed E-state index contributed by atoms with van der Waals surface area (Å²) in [6, 6.07) is 10.9. The number of amides is 1. The molecule has 0 saturated heterocycles. The summed E-state index contributed by atoms with van der Waals surface area (Å²) in [7, 11) is 0. The van der Waals surface area contributed by atoms with Gasteiger partial charge in [-0.2, -0.15) is 18.3 Å². The van der Waals surface area contributed by atoms with Crippen LogP contribution in [0.2, 0.25) is 0 Å². The van der Waals surface area contributed by atoms with Crippen LogP contribution in [-0.2, 0) is 6.18 Å². The van der Waals surface area contributed by atoms with E-state index in [4.69, 9.17) is 4.42 Å². The van der Waals surface area contributed by atoms with Gasteiger partial charge in [0.2, 0.25) is 0 Å². The van der Waals surface area contributed by atoms with E-state index in [9.17, 15) is 18.0 Å². The fourth-order valence-electron chi connectivity index (χ4n) is 2.15. The van der Waals surface area contributed by atoms with Gasteiger partial charge in [0.25, 0.3) is 5.91 Å². The van der Waals surface area contributed by atoms with E-state index in [1.165, 1.54) is 55.0 Å². The predicted molar refractivity (Wildman–Crippen MR) is 88.4 cm³/mol. The molecule has 8 heteroatoms. The largest absolute Gasteiger partial charge is 0.455 e. The van der Waals surface area contributed by atoms with Gasteiger partial charge in [-0.3, -0.25) is 9.78 Å². The molecule has 5 nitrogen and oxygen atoms in total. The molecule has 0 aliphatic rings. The van der Waals surface area contributed by atoms with Crippen molar-refractivity contribution in [3.63, 3.8) is 0 Å². The summed E-state index contributed by atoms with van der Waals surface area (Å²) >= 11 is 0. The molecule has 132 valence electrons. The molecule has 0 radical (unpaired) electrons. The van der Waals surface area contributed by atoms with Crippen LogP contribution in [0, 0.1) is 0 Å². The molecule has 2 aromatic heterocycles. The molecule has 0 spiro atoms. The van der Waals surface area contributed by atoms with Crippen LogP contribution in [0.25, 0.3) is 11.3 Å². The van der Waals surface area contributed by atoms with Crippen LogP contribution in [0.1, 0.15) is 21.7 Å². The predicted octanol–water partition coefficient (Wildman–Crippen LogP) is 4.12. The Kier molecular flexibility index (Phi) is 4.83. The Balaban J connectivity index is 1.69. The monoisotopic (exact) mass is 359 g/mol. The Morgan fingerprint density at radius 3 is 2.62 bits per heavy atom. The smallest absolute Gasteiger partial charge is 0.416 e. The lowest BCUT2D eigenvalue weighted by molar-refractivity contribution is -0.137. The second-order valence-electron chi connectivity index (χ2n) is 5.22. The minimum Gasteiger partial charge on any atom is -0.455 e. The molecule has 0 saturated carbocycles. The number of halogens is 3. The van der Waals surface area contributed by atoms with E-state index in [0.29, 0.717) is 11.1 Å². The lowest BCUT2D eigenvalue weighted by atomic mass is 10.1. The molecular formula is C18H12F3N3O2. The zero-order valence-corrected chi connectivity index (χ0v) is 13.2. The summed E-state index contributed by atoms with van der Waals surface area (Å²) < 4.78 is 43.8. The Morgan fingerprint density at radius 2 is 1.88 bits per heavy atom. The fourth-order valence-corrected chi connectivity index (χ4v) is 2.15. The number of carbonyl (C=O) groups is 1. The highest BCUT2D eigenvalue weighted by molar-refractivity contribution is 5.94. The minimum absolute atomic E-state index is 0.262. The lowest BCUT2D eigenvalue weighted by Gasteiger charge is -2.07. The van der Waals surface area contributed by atoms with Crippen molar-refractivity contribution in [1.29, 1.82) is 0 Å². The number of hydrogen-bond acceptors (Lipinski definition) is 4. The highest BCUT2D eigenvalue weighted by atomic mass is 19.4. The molecule has 3 aromatic rings. The van der Waals surface area contributed by atoms with Crippen LogP contribution >= 0.6 is 0 Å². The first-order valence-electron chi connectivity index (χ1n) is 7.44. The number of furan rings is 1. The molecule has 0 unspecified atom stereocenters. The number of alkyl halides is 3. The number of hydrazone groups is 1. The van der Waals surface area contributed by atoms with Crippen molar-refractivity contribution in [3.05, 3.63) is 77.8 Å². The topological polar surface area (TPSA) is 67.5 Å². The van der Waals surface area contributed by atoms with E-state index in [1.807, 2.05) is 0 Å². The molecule has 0 fully saturated rings. The van der Waals surface area contributed by atoms with Gasteiger partial charge < -0.3 is 4.42 Å². The van der Waals surface area contributed by atoms with E-state index in [2.05, 4.69) is 15.5 Å². The van der Waals surface area contributed by atoms with Crippen molar-refractivity contribution in [2.75, 3.05) is 0 Å². The summed E-state index contributed by atoms with van der Waals surface area (Å²) in [6.45, 7) is 0. The molecule has 0 aliphatic carbocycles. The highest BCUT2D eigenvalue weighted by Crippen LogP contribution is 2.32. The number of carbonyl (C=O) groups excluding carboxylic acids is 1. The first-order chi connectivity index (χ1) is 12.4. The highest BCUT2D eigenvalue weighted by Gasteiger charge is 2.30. The van der Waals surface area contributed by atoms with E-state index in [-0.39, 0.29) is 11.5 Å². The molecule has 1 aromatic carbocycles. The van der Waals surface area contributed by atoms with Crippen LogP contribution in [0.5, 0.6) is 0 Å². The summed E-state index contributed by atoms with van der Waals surface area (Å²) in [4.78, 5) is 15.6. The average molecular weight is 359 g/mol. The maximum atomic E-state index is 12.8. The van der Waals surface area contributed by atoms with Crippen LogP contribution in [0.4, 0.5) is 13.2 Å². The van der Waals surface area contributed by atoms with Gasteiger partial charge in [0, 0.05) is 23.5 Å². The van der Waals surface area contributed by atoms with Crippen molar-refractivity contribution in [2.24, 2.45) is 5.10 Å². The number of nitrogens with one attached hydrogen (secondary N) is 1. The first-order valence-corrected chi connectivity index (χ1v) is 7.44. The molecule has 0 atom stereocenters. The molecule has 0 aliphatic heterocycles. The Hall–Kier alpha value is -3.42. The minimum atomic E-state index is -4.43. The number of nitrogens with zero attached hydrogens (tertiary/aromatic N) is 2. The Morgan fingerprint density at radius 1 is 1.12 bits per heavy atom. The van der Waals surface area contributed by atoms with Crippen molar-refractivity contribution < 1.29 is 22.4 Å². The summed E-state index contributed by atoms with van der Waals surface area (Å²) in [5.74, 6) is 0.124. The van der Waals surface area contributed by atoms with Crippen molar-refractivity contribution >= 4 is 12.1 Å². The SMILES string of the molecule is O=C(NN=Cc1ccc(-c2cccc(C(F)(F)F)c2)o1)c1ccncc1. The third-order valence-corrected chi connectivity index (χ3v) is 3.40. The van der Waals surface area contributed by atoms with Gasteiger partial charge in [-0.25, -0.2) is 5.43 Å². The molecule has 26 heavy (non-hydrogen) atoms. The second kappa shape index (κ2) is 7.22. The number of hydrogen-bond donors (Lipinski definition) is 1. The number of pyridine rings is 1. The van der Waals surface area contributed by atoms with Crippen LogP contribution in [0.3, 0.4) is 0 Å². The van der Waals surface area contributed by atoms with Gasteiger partial charge in [-0.15, -0.1) is 0 Å². The summed E-state index contributed by atoms with van der Waals surface area (Å²) in [5, 5.41) is 3.76. The maximum absolute atomic E-state index is 12.8. The third-order valence-electron chi connectivity index (χ3n) is 3.40. The Labute approximate surface area is 146 Å². The van der Waals surface area contributed by atoms with Gasteiger partial charge in [-0.1, -0.05) is 12.1 Å². The number of benzene rings is 1. The van der Waals surface area contributed by atoms with E-state index in [0.717, 1.165) is 12.1 Å². The van der Waals surface area contributed by atoms with Crippen molar-refractivity contribution in [1.82, 2.24) is 10.4 Å². The number of rotatable bonds is 4. The van der Waals surface area contributed by atoms with E-state index >= 15 is 0 Å². The van der Waals surface area contributed by atoms with Crippen molar-refractivity contribution in [2.45, 2.75) is 6.18 Å². The van der Waals surface area contributed by atoms with Gasteiger partial charge in [0.05, 0.1) is 11.8 Å². The summed E-state index contributed by atoms with van der Waals surface area (Å²) in [5.41, 5.74) is 2.24. The normalized spacial score (nSPS) is 11.7. The third kappa shape index (κ3) is 4.15. The molecule has 0 bridgehead atoms. The van der Waals surface area contributed by atoms with Crippen LogP contribution in [0.15, 0.2) is 70.4 Å². The lowest BCUT2D eigenvalue weighted by Crippen LogP contribution is -2.17. The summed E-state index contributed by atoms with van der Waals surface area (Å²) in [6.07, 6.45) is -0.209. The fraction of sp³-hybridized carbons (Fsp3) is 0.0556. The molecule has 1 amide bonds. The van der Waals surface area contributed by atoms with E-state index in [1.54, 1.807) is 0 Å². The maximum Gasteiger partial charge on any atom is 0.416 e. The first kappa shape index (κ1) is 17.4. The molecular weight excluding hydrogens is 347 g/mol. The second-order valence-corrected chi connectivity index (χ2v) is 5.22. The van der Waals surface area contributed by atoms with Gasteiger partial charge in [-0.05, 0) is 36.4 Å². The van der Waals surface area contributed by atoms with Crippen LogP contribution < -0.4 is 5.43 Å². The molecule has 3 rings (SSSR count). The Bertz CT molecular complexity index is 934. The number of aromatic nitrogens is 1. The zero-order valence-electron chi connectivity index (χ0n) is 13.2. The molecule has 2 heterocycles. The van der Waals surface area contributed by atoms with Crippen molar-refractivity contribution in [3.8, 4) is 11.3 Å². The molecule has 1 N–H and O–H groups in total. The van der Waals surface area contributed by atoms with E-state index < -0.39 is 17.6 Å². The van der Waals surface area contributed by atoms with Gasteiger partial charge in [0.15, 0.2) is 0 Å².